The largest absolute Gasteiger partial charge is 0.338 e. The highest BCUT2D eigenvalue weighted by atomic mass is 35.5. The first-order chi connectivity index (χ1) is 13.4. The third-order valence-electron chi connectivity index (χ3n) is 4.14. The van der Waals surface area contributed by atoms with Crippen LogP contribution in [0.15, 0.2) is 24.3 Å². The monoisotopic (exact) mass is 422 g/mol. The lowest BCUT2D eigenvalue weighted by atomic mass is 10.2. The molecule has 8 heteroatoms. The summed E-state index contributed by atoms with van der Waals surface area (Å²) in [6.45, 7) is 7.50. The second-order valence-electron chi connectivity index (χ2n) is 6.52. The summed E-state index contributed by atoms with van der Waals surface area (Å²) in [7, 11) is 0. The number of rotatable bonds is 9. The van der Waals surface area contributed by atoms with Crippen LogP contribution < -0.4 is 10.6 Å². The number of aromatic nitrogens is 1. The van der Waals surface area contributed by atoms with Crippen LogP contribution in [-0.4, -0.2) is 34.9 Å². The van der Waals surface area contributed by atoms with Gasteiger partial charge in [0.25, 0.3) is 5.91 Å². The Bertz CT molecular complexity index is 801. The van der Waals surface area contributed by atoms with Gasteiger partial charge in [0.15, 0.2) is 5.13 Å². The van der Waals surface area contributed by atoms with Crippen LogP contribution in [0.3, 0.4) is 0 Å². The van der Waals surface area contributed by atoms with Gasteiger partial charge in [-0.05, 0) is 38.0 Å². The number of aryl methyl sites for hydroxylation is 1. The number of thiazole rings is 1. The van der Waals surface area contributed by atoms with Crippen molar-refractivity contribution < 1.29 is 9.59 Å². The second kappa shape index (κ2) is 11.0. The second-order valence-corrected chi connectivity index (χ2v) is 7.96. The minimum absolute atomic E-state index is 0.0137. The van der Waals surface area contributed by atoms with Gasteiger partial charge in [-0.15, -0.1) is 0 Å². The highest BCUT2D eigenvalue weighted by Crippen LogP contribution is 2.25. The van der Waals surface area contributed by atoms with Crippen LogP contribution in [0.1, 0.15) is 54.9 Å². The van der Waals surface area contributed by atoms with Gasteiger partial charge in [-0.1, -0.05) is 55.7 Å². The van der Waals surface area contributed by atoms with E-state index in [2.05, 4.69) is 29.5 Å². The number of nitrogens with one attached hydrogen (secondary N) is 2. The van der Waals surface area contributed by atoms with Gasteiger partial charge in [0.2, 0.25) is 0 Å². The molecule has 0 aliphatic heterocycles. The fourth-order valence-corrected chi connectivity index (χ4v) is 3.75. The predicted molar refractivity (Wildman–Crippen MR) is 117 cm³/mol. The molecule has 0 spiro atoms. The van der Waals surface area contributed by atoms with Crippen molar-refractivity contribution in [1.82, 2.24) is 9.88 Å². The van der Waals surface area contributed by atoms with Gasteiger partial charge in [-0.3, -0.25) is 10.1 Å². The maximum atomic E-state index is 13.0. The molecule has 1 aromatic carbocycles. The molecule has 0 aliphatic carbocycles. The molecule has 3 amide bonds. The fraction of sp³-hybridized carbons (Fsp3) is 0.450. The van der Waals surface area contributed by atoms with Gasteiger partial charge < -0.3 is 10.2 Å². The van der Waals surface area contributed by atoms with Crippen molar-refractivity contribution in [3.05, 3.63) is 39.9 Å². The molecule has 0 saturated carbocycles. The third-order valence-corrected chi connectivity index (χ3v) is 5.44. The smallest absolute Gasteiger partial charge is 0.325 e. The van der Waals surface area contributed by atoms with Crippen molar-refractivity contribution >= 4 is 45.7 Å². The molecule has 0 radical (unpaired) electrons. The van der Waals surface area contributed by atoms with E-state index in [-0.39, 0.29) is 5.91 Å². The van der Waals surface area contributed by atoms with E-state index in [4.69, 9.17) is 11.6 Å². The van der Waals surface area contributed by atoms with Crippen LogP contribution >= 0.6 is 22.9 Å². The van der Waals surface area contributed by atoms with E-state index in [0.29, 0.717) is 26.4 Å². The van der Waals surface area contributed by atoms with Crippen LogP contribution in [0.25, 0.3) is 0 Å². The number of urea groups is 1. The third kappa shape index (κ3) is 6.49. The first kappa shape index (κ1) is 22.2. The van der Waals surface area contributed by atoms with Gasteiger partial charge in [0, 0.05) is 23.8 Å². The normalized spacial score (nSPS) is 10.6. The Hall–Kier alpha value is -2.12. The van der Waals surface area contributed by atoms with E-state index in [1.165, 1.54) is 11.3 Å². The molecule has 6 nitrogen and oxygen atoms in total. The van der Waals surface area contributed by atoms with Crippen molar-refractivity contribution in [1.29, 1.82) is 0 Å². The maximum absolute atomic E-state index is 13.0. The van der Waals surface area contributed by atoms with Crippen LogP contribution in [0.2, 0.25) is 5.02 Å². The minimum atomic E-state index is -0.427. The highest BCUT2D eigenvalue weighted by Gasteiger charge is 2.21. The Labute approximate surface area is 175 Å². The van der Waals surface area contributed by atoms with Crippen LogP contribution in [0.4, 0.5) is 15.6 Å². The minimum Gasteiger partial charge on any atom is -0.338 e. The number of hydrogen-bond donors (Lipinski definition) is 2. The van der Waals surface area contributed by atoms with E-state index >= 15 is 0 Å². The Morgan fingerprint density at radius 1 is 1.14 bits per heavy atom. The number of benzene rings is 1. The van der Waals surface area contributed by atoms with E-state index in [9.17, 15) is 9.59 Å². The summed E-state index contributed by atoms with van der Waals surface area (Å²) in [5, 5.41) is 6.33. The molecule has 28 heavy (non-hydrogen) atoms. The van der Waals surface area contributed by atoms with E-state index in [1.807, 2.05) is 4.90 Å². The SMILES string of the molecule is CCCCN(CCCC)C(=O)c1sc(NC(=O)Nc2cccc(Cl)c2)nc1C. The number of amides is 3. The van der Waals surface area contributed by atoms with Crippen LogP contribution in [-0.2, 0) is 0 Å². The molecule has 0 unspecified atom stereocenters. The quantitative estimate of drug-likeness (QED) is 0.536. The number of hydrogen-bond acceptors (Lipinski definition) is 4. The van der Waals surface area contributed by atoms with Gasteiger partial charge in [-0.25, -0.2) is 9.78 Å². The maximum Gasteiger partial charge on any atom is 0.325 e. The summed E-state index contributed by atoms with van der Waals surface area (Å²) in [6, 6.07) is 6.46. The summed E-state index contributed by atoms with van der Waals surface area (Å²) in [5.41, 5.74) is 1.21. The lowest BCUT2D eigenvalue weighted by Gasteiger charge is -2.21. The van der Waals surface area contributed by atoms with Crippen LogP contribution in [0.5, 0.6) is 0 Å². The Kier molecular flexibility index (Phi) is 8.73. The molecular weight excluding hydrogens is 396 g/mol. The molecular formula is C20H27ClN4O2S. The molecule has 2 rings (SSSR count). The van der Waals surface area contributed by atoms with Gasteiger partial charge in [0.1, 0.15) is 4.88 Å². The lowest BCUT2D eigenvalue weighted by molar-refractivity contribution is 0.0755. The molecule has 2 aromatic rings. The summed E-state index contributed by atoms with van der Waals surface area (Å²) in [4.78, 5) is 32.0. The standard InChI is InChI=1S/C20H27ClN4O2S/c1-4-6-11-25(12-7-5-2)18(26)17-14(3)22-20(28-17)24-19(27)23-16-10-8-9-15(21)13-16/h8-10,13H,4-7,11-12H2,1-3H3,(H2,22,23,24,27). The van der Waals surface area contributed by atoms with Crippen molar-refractivity contribution in [2.45, 2.75) is 46.5 Å². The first-order valence-electron chi connectivity index (χ1n) is 9.54. The molecule has 0 aliphatic rings. The number of carbonyl (C=O) groups excluding carboxylic acids is 2. The number of anilines is 2. The zero-order valence-corrected chi connectivity index (χ0v) is 18.1. The molecule has 0 fully saturated rings. The Balaban J connectivity index is 2.05. The molecule has 0 atom stereocenters. The van der Waals surface area contributed by atoms with E-state index in [1.54, 1.807) is 31.2 Å². The van der Waals surface area contributed by atoms with Crippen molar-refractivity contribution in [3.8, 4) is 0 Å². The summed E-state index contributed by atoms with van der Waals surface area (Å²) in [5.74, 6) is -0.0137. The topological polar surface area (TPSA) is 74.3 Å². The number of halogens is 1. The number of unbranched alkanes of at least 4 members (excludes halogenated alkanes) is 2. The summed E-state index contributed by atoms with van der Waals surface area (Å²) >= 11 is 7.13. The zero-order valence-electron chi connectivity index (χ0n) is 16.5. The Morgan fingerprint density at radius 3 is 2.43 bits per heavy atom. The summed E-state index contributed by atoms with van der Waals surface area (Å²) < 4.78 is 0. The highest BCUT2D eigenvalue weighted by molar-refractivity contribution is 7.17. The van der Waals surface area contributed by atoms with Gasteiger partial charge in [-0.2, -0.15) is 0 Å². The first-order valence-corrected chi connectivity index (χ1v) is 10.7. The van der Waals surface area contributed by atoms with Crippen molar-refractivity contribution in [2.24, 2.45) is 0 Å². The average molecular weight is 423 g/mol. The number of carbonyl (C=O) groups is 2. The molecule has 0 bridgehead atoms. The molecule has 1 heterocycles. The Morgan fingerprint density at radius 2 is 1.82 bits per heavy atom. The van der Waals surface area contributed by atoms with Crippen molar-refractivity contribution in [2.75, 3.05) is 23.7 Å². The van der Waals surface area contributed by atoms with E-state index in [0.717, 1.165) is 38.8 Å². The molecule has 2 N–H and O–H groups in total. The van der Waals surface area contributed by atoms with Gasteiger partial charge >= 0.3 is 6.03 Å². The molecule has 1 aromatic heterocycles. The van der Waals surface area contributed by atoms with Gasteiger partial charge in [0.05, 0.1) is 5.69 Å². The number of nitrogens with zero attached hydrogens (tertiary/aromatic N) is 2. The van der Waals surface area contributed by atoms with Crippen molar-refractivity contribution in [3.63, 3.8) is 0 Å². The summed E-state index contributed by atoms with van der Waals surface area (Å²) in [6.07, 6.45) is 4.02. The van der Waals surface area contributed by atoms with Crippen LogP contribution in [0, 0.1) is 6.92 Å². The fourth-order valence-electron chi connectivity index (χ4n) is 2.63. The predicted octanol–water partition coefficient (Wildman–Crippen LogP) is 5.79. The molecule has 152 valence electrons. The van der Waals surface area contributed by atoms with E-state index < -0.39 is 6.03 Å². The molecule has 0 saturated heterocycles. The average Bonchev–Trinajstić information content (AvgIpc) is 3.01. The lowest BCUT2D eigenvalue weighted by Crippen LogP contribution is -2.32. The zero-order chi connectivity index (χ0) is 20.5.